The van der Waals surface area contributed by atoms with Gasteiger partial charge < -0.3 is 20.1 Å². The maximum Gasteiger partial charge on any atom is 0.256 e. The Kier molecular flexibility index (Phi) is 7.73. The van der Waals surface area contributed by atoms with E-state index >= 15 is 0 Å². The normalized spacial score (nSPS) is 10.4. The van der Waals surface area contributed by atoms with Gasteiger partial charge in [-0.3, -0.25) is 9.59 Å². The maximum absolute atomic E-state index is 12.8. The molecule has 0 atom stereocenters. The second kappa shape index (κ2) is 10.7. The van der Waals surface area contributed by atoms with Gasteiger partial charge in [0.1, 0.15) is 11.5 Å². The Morgan fingerprint density at radius 1 is 0.812 bits per heavy atom. The number of hydrogen-bond donors (Lipinski definition) is 2. The van der Waals surface area contributed by atoms with Crippen LogP contribution in [-0.2, 0) is 0 Å². The summed E-state index contributed by atoms with van der Waals surface area (Å²) in [5.74, 6) is 0.258. The molecule has 32 heavy (non-hydrogen) atoms. The number of carbonyl (C=O) groups excluding carboxylic acids is 2. The van der Waals surface area contributed by atoms with E-state index in [1.54, 1.807) is 42.5 Å². The zero-order valence-corrected chi connectivity index (χ0v) is 19.0. The second-order valence-electron chi connectivity index (χ2n) is 6.94. The van der Waals surface area contributed by atoms with Crippen LogP contribution >= 0.6 is 11.6 Å². The summed E-state index contributed by atoms with van der Waals surface area (Å²) in [5.41, 5.74) is 2.76. The highest BCUT2D eigenvalue weighted by Gasteiger charge is 2.18. The van der Waals surface area contributed by atoms with Crippen molar-refractivity contribution in [1.82, 2.24) is 0 Å². The topological polar surface area (TPSA) is 76.7 Å². The number of amides is 2. The fourth-order valence-electron chi connectivity index (χ4n) is 3.12. The third kappa shape index (κ3) is 5.59. The predicted molar refractivity (Wildman–Crippen MR) is 127 cm³/mol. The van der Waals surface area contributed by atoms with Crippen LogP contribution in [0, 0.1) is 6.92 Å². The molecule has 0 bridgehead atoms. The lowest BCUT2D eigenvalue weighted by Gasteiger charge is -2.18. The van der Waals surface area contributed by atoms with Crippen LogP contribution < -0.4 is 20.1 Å². The van der Waals surface area contributed by atoms with Crippen molar-refractivity contribution in [2.24, 2.45) is 0 Å². The lowest BCUT2D eigenvalue weighted by molar-refractivity contribution is 0.101. The number of aryl methyl sites for hydroxylation is 1. The fourth-order valence-corrected chi connectivity index (χ4v) is 3.24. The first kappa shape index (κ1) is 23.2. The van der Waals surface area contributed by atoms with Gasteiger partial charge in [0.2, 0.25) is 0 Å². The Morgan fingerprint density at radius 2 is 1.34 bits per heavy atom. The van der Waals surface area contributed by atoms with Gasteiger partial charge in [0, 0.05) is 28.3 Å². The van der Waals surface area contributed by atoms with Gasteiger partial charge >= 0.3 is 0 Å². The summed E-state index contributed by atoms with van der Waals surface area (Å²) >= 11 is 5.91. The van der Waals surface area contributed by atoms with Crippen molar-refractivity contribution in [3.05, 3.63) is 82.4 Å². The minimum Gasteiger partial charge on any atom is -0.492 e. The van der Waals surface area contributed by atoms with Crippen LogP contribution in [0.15, 0.2) is 60.7 Å². The third-order valence-corrected chi connectivity index (χ3v) is 4.93. The molecule has 0 fully saturated rings. The fraction of sp³-hybridized carbons (Fsp3) is 0.200. The van der Waals surface area contributed by atoms with Gasteiger partial charge in [0.25, 0.3) is 11.8 Å². The molecule has 3 rings (SSSR count). The monoisotopic (exact) mass is 452 g/mol. The molecular weight excluding hydrogens is 428 g/mol. The van der Waals surface area contributed by atoms with Crippen LogP contribution in [0.5, 0.6) is 11.5 Å². The SMILES string of the molecule is CCOc1cc(NC(=O)c2ccccc2C)c(OCC)cc1NC(=O)c1ccc(Cl)cc1. The van der Waals surface area contributed by atoms with Crippen LogP contribution in [0.25, 0.3) is 0 Å². The molecule has 0 saturated carbocycles. The van der Waals surface area contributed by atoms with E-state index in [0.29, 0.717) is 52.2 Å². The number of carbonyl (C=O) groups is 2. The number of halogens is 1. The summed E-state index contributed by atoms with van der Waals surface area (Å²) in [6.45, 7) is 6.32. The molecule has 2 amide bonds. The third-order valence-electron chi connectivity index (χ3n) is 4.67. The van der Waals surface area contributed by atoms with Gasteiger partial charge in [-0.25, -0.2) is 0 Å². The average Bonchev–Trinajstić information content (AvgIpc) is 2.77. The van der Waals surface area contributed by atoms with E-state index in [9.17, 15) is 9.59 Å². The highest BCUT2D eigenvalue weighted by molar-refractivity contribution is 6.30. The molecule has 0 heterocycles. The van der Waals surface area contributed by atoms with Crippen molar-refractivity contribution in [2.45, 2.75) is 20.8 Å². The minimum absolute atomic E-state index is 0.260. The van der Waals surface area contributed by atoms with Crippen molar-refractivity contribution >= 4 is 34.8 Å². The van der Waals surface area contributed by atoms with Gasteiger partial charge in [-0.1, -0.05) is 29.8 Å². The van der Waals surface area contributed by atoms with Gasteiger partial charge in [0.15, 0.2) is 0 Å². The Morgan fingerprint density at radius 3 is 1.88 bits per heavy atom. The van der Waals surface area contributed by atoms with Gasteiger partial charge in [-0.2, -0.15) is 0 Å². The van der Waals surface area contributed by atoms with Crippen molar-refractivity contribution in [3.8, 4) is 11.5 Å². The number of benzene rings is 3. The highest BCUT2D eigenvalue weighted by Crippen LogP contribution is 2.37. The second-order valence-corrected chi connectivity index (χ2v) is 7.38. The first-order chi connectivity index (χ1) is 15.4. The Bertz CT molecular complexity index is 1110. The molecule has 0 aliphatic rings. The van der Waals surface area contributed by atoms with E-state index in [4.69, 9.17) is 21.1 Å². The molecule has 166 valence electrons. The van der Waals surface area contributed by atoms with Crippen LogP contribution in [0.3, 0.4) is 0 Å². The van der Waals surface area contributed by atoms with Crippen LogP contribution in [-0.4, -0.2) is 25.0 Å². The molecule has 0 spiro atoms. The molecule has 3 aromatic carbocycles. The molecule has 2 N–H and O–H groups in total. The molecule has 6 nitrogen and oxygen atoms in total. The Hall–Kier alpha value is -3.51. The van der Waals surface area contributed by atoms with E-state index in [0.717, 1.165) is 5.56 Å². The van der Waals surface area contributed by atoms with E-state index < -0.39 is 0 Å². The average molecular weight is 453 g/mol. The lowest BCUT2D eigenvalue weighted by atomic mass is 10.1. The van der Waals surface area contributed by atoms with Gasteiger partial charge in [-0.05, 0) is 56.7 Å². The smallest absolute Gasteiger partial charge is 0.256 e. The molecule has 0 saturated heterocycles. The summed E-state index contributed by atoms with van der Waals surface area (Å²) in [4.78, 5) is 25.6. The molecule has 0 aromatic heterocycles. The van der Waals surface area contributed by atoms with Gasteiger partial charge in [-0.15, -0.1) is 0 Å². The number of rotatable bonds is 8. The van der Waals surface area contributed by atoms with Crippen molar-refractivity contribution in [1.29, 1.82) is 0 Å². The largest absolute Gasteiger partial charge is 0.492 e. The first-order valence-corrected chi connectivity index (χ1v) is 10.7. The summed E-state index contributed by atoms with van der Waals surface area (Å²) in [5, 5.41) is 6.30. The van der Waals surface area contributed by atoms with Crippen molar-refractivity contribution < 1.29 is 19.1 Å². The number of hydrogen-bond acceptors (Lipinski definition) is 4. The van der Waals surface area contributed by atoms with E-state index in [-0.39, 0.29) is 11.8 Å². The molecule has 7 heteroatoms. The van der Waals surface area contributed by atoms with Gasteiger partial charge in [0.05, 0.1) is 24.6 Å². The van der Waals surface area contributed by atoms with Crippen molar-refractivity contribution in [2.75, 3.05) is 23.8 Å². The first-order valence-electron chi connectivity index (χ1n) is 10.3. The molecule has 0 unspecified atom stereocenters. The number of anilines is 2. The highest BCUT2D eigenvalue weighted by atomic mass is 35.5. The zero-order chi connectivity index (χ0) is 23.1. The summed E-state index contributed by atoms with van der Waals surface area (Å²) in [7, 11) is 0. The zero-order valence-electron chi connectivity index (χ0n) is 18.2. The Balaban J connectivity index is 1.94. The van der Waals surface area contributed by atoms with Crippen LogP contribution in [0.1, 0.15) is 40.1 Å². The standard InChI is InChI=1S/C25H25ClN2O4/c1-4-31-22-15-21(28-25(30)19-9-7-6-8-16(19)3)23(32-5-2)14-20(22)27-24(29)17-10-12-18(26)13-11-17/h6-15H,4-5H2,1-3H3,(H,27,29)(H,28,30). The van der Waals surface area contributed by atoms with Crippen LogP contribution in [0.2, 0.25) is 5.02 Å². The van der Waals surface area contributed by atoms with Crippen LogP contribution in [0.4, 0.5) is 11.4 Å². The van der Waals surface area contributed by atoms with Crippen molar-refractivity contribution in [3.63, 3.8) is 0 Å². The maximum atomic E-state index is 12.8. The molecule has 3 aromatic rings. The summed E-state index contributed by atoms with van der Waals surface area (Å²) in [6.07, 6.45) is 0. The van der Waals surface area contributed by atoms with E-state index in [2.05, 4.69) is 10.6 Å². The quantitative estimate of drug-likeness (QED) is 0.442. The molecule has 0 aliphatic carbocycles. The predicted octanol–water partition coefficient (Wildman–Crippen LogP) is 5.95. The summed E-state index contributed by atoms with van der Waals surface area (Å²) < 4.78 is 11.5. The minimum atomic E-state index is -0.318. The number of nitrogens with one attached hydrogen (secondary N) is 2. The van der Waals surface area contributed by atoms with E-state index in [1.807, 2.05) is 39.0 Å². The molecular formula is C25H25ClN2O4. The van der Waals surface area contributed by atoms with E-state index in [1.165, 1.54) is 0 Å². The molecule has 0 radical (unpaired) electrons. The Labute approximate surface area is 192 Å². The molecule has 0 aliphatic heterocycles. The number of ether oxygens (including phenoxy) is 2. The summed E-state index contributed by atoms with van der Waals surface area (Å²) in [6, 6.07) is 17.2. The lowest BCUT2D eigenvalue weighted by Crippen LogP contribution is -2.16.